The molecule has 0 atom stereocenters. The largest absolute Gasteiger partial charge is 0.497 e. The van der Waals surface area contributed by atoms with Crippen LogP contribution in [0.4, 0.5) is 0 Å². The van der Waals surface area contributed by atoms with Crippen molar-refractivity contribution in [2.75, 3.05) is 14.2 Å². The Labute approximate surface area is 142 Å². The first-order valence-electron chi connectivity index (χ1n) is 7.85. The van der Waals surface area contributed by atoms with Crippen LogP contribution in [-0.4, -0.2) is 25.3 Å². The first-order chi connectivity index (χ1) is 11.6. The van der Waals surface area contributed by atoms with Crippen molar-refractivity contribution in [3.63, 3.8) is 0 Å². The fourth-order valence-corrected chi connectivity index (χ4v) is 2.44. The molecule has 2 rings (SSSR count). The van der Waals surface area contributed by atoms with E-state index < -0.39 is 5.97 Å². The van der Waals surface area contributed by atoms with Crippen LogP contribution < -0.4 is 9.47 Å². The molecule has 0 spiro atoms. The second-order valence-corrected chi connectivity index (χ2v) is 5.36. The zero-order valence-electron chi connectivity index (χ0n) is 14.0. The molecule has 0 aliphatic heterocycles. The van der Waals surface area contributed by atoms with Gasteiger partial charge < -0.3 is 14.6 Å². The molecule has 0 aliphatic rings. The van der Waals surface area contributed by atoms with E-state index >= 15 is 0 Å². The molecule has 0 amide bonds. The number of hydrogen-bond acceptors (Lipinski definition) is 3. The Morgan fingerprint density at radius 2 is 1.38 bits per heavy atom. The highest BCUT2D eigenvalue weighted by Gasteiger charge is 2.06. The molecular formula is C20H22O4. The highest BCUT2D eigenvalue weighted by atomic mass is 16.5. The summed E-state index contributed by atoms with van der Waals surface area (Å²) in [7, 11) is 3.28. The quantitative estimate of drug-likeness (QED) is 0.731. The minimum atomic E-state index is -0.765. The van der Waals surface area contributed by atoms with Gasteiger partial charge in [-0.25, -0.2) is 0 Å². The number of carbonyl (C=O) groups is 1. The summed E-state index contributed by atoms with van der Waals surface area (Å²) >= 11 is 0. The highest BCUT2D eigenvalue weighted by molar-refractivity contribution is 5.80. The number of allylic oxidation sites excluding steroid dienone is 1. The van der Waals surface area contributed by atoms with E-state index in [9.17, 15) is 4.79 Å². The number of unbranched alkanes of at least 4 members (excludes halogenated alkanes) is 1. The van der Waals surface area contributed by atoms with Gasteiger partial charge in [0.05, 0.1) is 14.2 Å². The summed E-state index contributed by atoms with van der Waals surface area (Å²) in [5.41, 5.74) is 3.21. The van der Waals surface area contributed by atoms with Gasteiger partial charge >= 0.3 is 5.97 Å². The van der Waals surface area contributed by atoms with E-state index in [4.69, 9.17) is 14.6 Å². The predicted molar refractivity (Wildman–Crippen MR) is 94.6 cm³/mol. The Hall–Kier alpha value is -2.75. The fraction of sp³-hybridized carbons (Fsp3) is 0.250. The van der Waals surface area contributed by atoms with Gasteiger partial charge in [-0.2, -0.15) is 0 Å². The summed E-state index contributed by atoms with van der Waals surface area (Å²) < 4.78 is 10.4. The highest BCUT2D eigenvalue weighted by Crippen LogP contribution is 2.27. The summed E-state index contributed by atoms with van der Waals surface area (Å²) in [6.45, 7) is 0. The molecule has 0 aliphatic carbocycles. The predicted octanol–water partition coefficient (Wildman–Crippen LogP) is 4.39. The lowest BCUT2D eigenvalue weighted by Gasteiger charge is -2.11. The Morgan fingerprint density at radius 3 is 1.75 bits per heavy atom. The number of carboxylic acids is 1. The fourth-order valence-electron chi connectivity index (χ4n) is 2.44. The SMILES string of the molecule is COc1ccc(C(=CCCCC(=O)O)c2ccc(OC)cc2)cc1. The number of hydrogen-bond donors (Lipinski definition) is 1. The van der Waals surface area contributed by atoms with Crippen molar-refractivity contribution in [1.29, 1.82) is 0 Å². The maximum Gasteiger partial charge on any atom is 0.303 e. The van der Waals surface area contributed by atoms with Crippen molar-refractivity contribution in [2.24, 2.45) is 0 Å². The molecule has 24 heavy (non-hydrogen) atoms. The average molecular weight is 326 g/mol. The third-order valence-corrected chi connectivity index (χ3v) is 3.75. The molecule has 126 valence electrons. The van der Waals surface area contributed by atoms with E-state index in [1.54, 1.807) is 14.2 Å². The molecule has 2 aromatic carbocycles. The number of ether oxygens (including phenoxy) is 2. The van der Waals surface area contributed by atoms with Crippen LogP contribution in [0.1, 0.15) is 30.4 Å². The number of methoxy groups -OCH3 is 2. The molecule has 0 heterocycles. The van der Waals surface area contributed by atoms with Crippen molar-refractivity contribution in [3.8, 4) is 11.5 Å². The molecule has 0 saturated carbocycles. The molecule has 4 heteroatoms. The van der Waals surface area contributed by atoms with Gasteiger partial charge in [-0.05, 0) is 53.8 Å². The lowest BCUT2D eigenvalue weighted by atomic mass is 9.96. The Bertz CT molecular complexity index is 635. The monoisotopic (exact) mass is 326 g/mol. The van der Waals surface area contributed by atoms with Gasteiger partial charge in [0.15, 0.2) is 0 Å². The third kappa shape index (κ3) is 4.88. The lowest BCUT2D eigenvalue weighted by molar-refractivity contribution is -0.137. The van der Waals surface area contributed by atoms with Crippen LogP contribution in [0.25, 0.3) is 5.57 Å². The number of aliphatic carboxylic acids is 1. The summed E-state index contributed by atoms with van der Waals surface area (Å²) in [5, 5.41) is 8.78. The Kier molecular flexibility index (Phi) is 6.43. The van der Waals surface area contributed by atoms with E-state index in [1.165, 1.54) is 0 Å². The summed E-state index contributed by atoms with van der Waals surface area (Å²) in [5.74, 6) is 0.844. The maximum absolute atomic E-state index is 10.7. The standard InChI is InChI=1S/C20H22O4/c1-23-17-11-7-15(8-12-17)19(5-3-4-6-20(21)22)16-9-13-18(24-2)14-10-16/h5,7-14H,3-4,6H2,1-2H3,(H,21,22). The summed E-state index contributed by atoms with van der Waals surface area (Å²) in [6.07, 6.45) is 3.59. The van der Waals surface area contributed by atoms with Crippen molar-refractivity contribution in [2.45, 2.75) is 19.3 Å². The molecule has 0 fully saturated rings. The van der Waals surface area contributed by atoms with E-state index in [1.807, 2.05) is 48.5 Å². The molecule has 0 saturated heterocycles. The van der Waals surface area contributed by atoms with Crippen LogP contribution in [0.3, 0.4) is 0 Å². The number of rotatable bonds is 8. The first kappa shape index (κ1) is 17.6. The minimum Gasteiger partial charge on any atom is -0.497 e. The molecule has 0 unspecified atom stereocenters. The zero-order chi connectivity index (χ0) is 17.4. The van der Waals surface area contributed by atoms with E-state index in [2.05, 4.69) is 6.08 Å². The van der Waals surface area contributed by atoms with Crippen molar-refractivity contribution < 1.29 is 19.4 Å². The molecule has 2 aromatic rings. The molecule has 0 radical (unpaired) electrons. The van der Waals surface area contributed by atoms with Gasteiger partial charge in [-0.3, -0.25) is 4.79 Å². The van der Waals surface area contributed by atoms with Crippen LogP contribution in [-0.2, 0) is 4.79 Å². The second kappa shape index (κ2) is 8.77. The van der Waals surface area contributed by atoms with E-state index in [0.29, 0.717) is 12.8 Å². The van der Waals surface area contributed by atoms with Gasteiger partial charge in [0.1, 0.15) is 11.5 Å². The van der Waals surface area contributed by atoms with Crippen molar-refractivity contribution in [1.82, 2.24) is 0 Å². The normalized spacial score (nSPS) is 10.1. The van der Waals surface area contributed by atoms with Crippen molar-refractivity contribution >= 4 is 11.5 Å². The first-order valence-corrected chi connectivity index (χ1v) is 7.85. The van der Waals surface area contributed by atoms with Gasteiger partial charge in [-0.15, -0.1) is 0 Å². The van der Waals surface area contributed by atoms with Gasteiger partial charge in [0.25, 0.3) is 0 Å². The Morgan fingerprint density at radius 1 is 0.917 bits per heavy atom. The van der Waals surface area contributed by atoms with Gasteiger partial charge in [0.2, 0.25) is 0 Å². The topological polar surface area (TPSA) is 55.8 Å². The zero-order valence-corrected chi connectivity index (χ0v) is 14.0. The smallest absolute Gasteiger partial charge is 0.303 e. The summed E-state index contributed by atoms with van der Waals surface area (Å²) in [4.78, 5) is 10.7. The summed E-state index contributed by atoms with van der Waals surface area (Å²) in [6, 6.07) is 15.7. The molecule has 0 aromatic heterocycles. The maximum atomic E-state index is 10.7. The minimum absolute atomic E-state index is 0.176. The van der Waals surface area contributed by atoms with E-state index in [0.717, 1.165) is 28.2 Å². The van der Waals surface area contributed by atoms with Crippen molar-refractivity contribution in [3.05, 3.63) is 65.7 Å². The lowest BCUT2D eigenvalue weighted by Crippen LogP contribution is -1.94. The van der Waals surface area contributed by atoms with E-state index in [-0.39, 0.29) is 6.42 Å². The molecule has 4 nitrogen and oxygen atoms in total. The Balaban J connectivity index is 2.28. The third-order valence-electron chi connectivity index (χ3n) is 3.75. The average Bonchev–Trinajstić information content (AvgIpc) is 2.62. The van der Waals surface area contributed by atoms with Gasteiger partial charge in [-0.1, -0.05) is 30.3 Å². The van der Waals surface area contributed by atoms with Crippen LogP contribution in [0, 0.1) is 0 Å². The number of benzene rings is 2. The van der Waals surface area contributed by atoms with Gasteiger partial charge in [0, 0.05) is 6.42 Å². The van der Waals surface area contributed by atoms with Crippen LogP contribution in [0.15, 0.2) is 54.6 Å². The molecule has 1 N–H and O–H groups in total. The molecule has 0 bridgehead atoms. The number of carboxylic acid groups (broad SMARTS) is 1. The van der Waals surface area contributed by atoms with Crippen LogP contribution in [0.2, 0.25) is 0 Å². The van der Waals surface area contributed by atoms with Crippen LogP contribution >= 0.6 is 0 Å². The second-order valence-electron chi connectivity index (χ2n) is 5.36. The molecular weight excluding hydrogens is 304 g/mol. The van der Waals surface area contributed by atoms with Crippen LogP contribution in [0.5, 0.6) is 11.5 Å².